The molecule has 0 unspecified atom stereocenters. The van der Waals surface area contributed by atoms with Crippen molar-refractivity contribution in [3.8, 4) is 11.4 Å². The second kappa shape index (κ2) is 8.09. The Balaban J connectivity index is 1.80. The summed E-state index contributed by atoms with van der Waals surface area (Å²) >= 11 is 0. The first-order chi connectivity index (χ1) is 16.8. The lowest BCUT2D eigenvalue weighted by molar-refractivity contribution is -0.0125. The minimum absolute atomic E-state index is 0.00814. The molecule has 0 atom stereocenters. The number of rotatable bonds is 5. The Kier molecular flexibility index (Phi) is 5.48. The number of alkyl halides is 2. The number of aromatic nitrogens is 3. The van der Waals surface area contributed by atoms with Crippen LogP contribution in [0.3, 0.4) is 0 Å². The van der Waals surface area contributed by atoms with Crippen molar-refractivity contribution in [2.24, 2.45) is 0 Å². The molecule has 0 aliphatic heterocycles. The van der Waals surface area contributed by atoms with Gasteiger partial charge in [-0.3, -0.25) is 0 Å². The summed E-state index contributed by atoms with van der Waals surface area (Å²) in [5.74, 6) is -4.47. The van der Waals surface area contributed by atoms with Crippen molar-refractivity contribution < 1.29 is 28.2 Å². The minimum atomic E-state index is -2.78. The highest BCUT2D eigenvalue weighted by Crippen LogP contribution is 2.40. The van der Waals surface area contributed by atoms with Crippen LogP contribution in [0.15, 0.2) is 24.3 Å². The van der Waals surface area contributed by atoms with Crippen molar-refractivity contribution in [1.29, 1.82) is 0 Å². The van der Waals surface area contributed by atoms with Gasteiger partial charge in [-0.2, -0.15) is 0 Å². The number of aromatic carboxylic acids is 1. The summed E-state index contributed by atoms with van der Waals surface area (Å²) < 4.78 is 47.6. The summed E-state index contributed by atoms with van der Waals surface area (Å²) in [7, 11) is 0. The van der Waals surface area contributed by atoms with Crippen molar-refractivity contribution in [3.63, 3.8) is 0 Å². The fourth-order valence-electron chi connectivity index (χ4n) is 5.48. The van der Waals surface area contributed by atoms with Gasteiger partial charge in [0.2, 0.25) is 0 Å². The average Bonchev–Trinajstić information content (AvgIpc) is 3.29. The molecule has 5 rings (SSSR count). The van der Waals surface area contributed by atoms with Crippen molar-refractivity contribution in [2.45, 2.75) is 71.6 Å². The third-order valence-electron chi connectivity index (χ3n) is 7.02. The molecular weight excluding hydrogens is 471 g/mol. The lowest BCUT2D eigenvalue weighted by Gasteiger charge is -2.23. The van der Waals surface area contributed by atoms with Crippen LogP contribution in [0.2, 0.25) is 0 Å². The second-order valence-corrected chi connectivity index (χ2v) is 10.3. The lowest BCUT2D eigenvalue weighted by Crippen LogP contribution is -2.26. The molecule has 0 amide bonds. The number of fused-ring (bicyclic) bond motifs is 4. The molecule has 0 fully saturated rings. The first-order valence-electron chi connectivity index (χ1n) is 12.0. The maximum atomic E-state index is 15.3. The van der Waals surface area contributed by atoms with Gasteiger partial charge in [-0.05, 0) is 69.5 Å². The first kappa shape index (κ1) is 24.4. The van der Waals surface area contributed by atoms with Crippen LogP contribution in [-0.2, 0) is 25.9 Å². The van der Waals surface area contributed by atoms with Crippen molar-refractivity contribution in [2.75, 3.05) is 0 Å². The smallest absolute Gasteiger partial charge is 0.336 e. The average molecular weight is 500 g/mol. The highest BCUT2D eigenvalue weighted by atomic mass is 19.3. The summed E-state index contributed by atoms with van der Waals surface area (Å²) in [6.45, 7) is 7.36. The topological polar surface area (TPSA) is 80.3 Å². The molecule has 0 radical (unpaired) electrons. The van der Waals surface area contributed by atoms with E-state index >= 15 is 4.39 Å². The number of carboxylic acids is 1. The van der Waals surface area contributed by atoms with Crippen LogP contribution in [0.1, 0.15) is 54.4 Å². The maximum absolute atomic E-state index is 15.3. The largest absolute Gasteiger partial charge is 0.478 e. The fourth-order valence-corrected chi connectivity index (χ4v) is 5.48. The summed E-state index contributed by atoms with van der Waals surface area (Å²) in [6, 6.07) is 6.44. The molecule has 2 N–H and O–H groups in total. The zero-order valence-corrected chi connectivity index (χ0v) is 20.6. The number of imidazole rings is 1. The summed E-state index contributed by atoms with van der Waals surface area (Å²) in [6.07, 6.45) is -0.236. The number of hydrogen-bond donors (Lipinski definition) is 2. The highest BCUT2D eigenvalue weighted by molar-refractivity contribution is 5.97. The van der Waals surface area contributed by atoms with Gasteiger partial charge < -0.3 is 19.3 Å². The molecule has 2 heterocycles. The normalized spacial score (nSPS) is 15.6. The first-order valence-corrected chi connectivity index (χ1v) is 12.0. The Hall–Kier alpha value is -3.33. The third kappa shape index (κ3) is 3.86. The van der Waals surface area contributed by atoms with E-state index in [1.165, 1.54) is 0 Å². The van der Waals surface area contributed by atoms with Crippen molar-refractivity contribution in [1.82, 2.24) is 14.1 Å². The van der Waals surface area contributed by atoms with E-state index in [2.05, 4.69) is 9.55 Å². The van der Waals surface area contributed by atoms with Gasteiger partial charge in [0.25, 0.3) is 5.92 Å². The van der Waals surface area contributed by atoms with E-state index in [0.29, 0.717) is 40.9 Å². The molecule has 190 valence electrons. The van der Waals surface area contributed by atoms with Crippen LogP contribution in [0.4, 0.5) is 13.2 Å². The molecule has 2 aromatic carbocycles. The zero-order valence-electron chi connectivity index (χ0n) is 20.6. The molecule has 9 heteroatoms. The number of hydrogen-bond acceptors (Lipinski definition) is 3. The lowest BCUT2D eigenvalue weighted by atomic mass is 9.92. The van der Waals surface area contributed by atoms with Crippen molar-refractivity contribution in [3.05, 3.63) is 52.5 Å². The standard InChI is InChI=1S/C27H28F3N3O3/c1-5-32-20-7-6-15(10-17(20)18-12-27(29,30)9-8-21(18)32)24-31-22-14(2)16(25(34)35)11-19(28)23(22)33(24)13-26(3,4)36/h6-7,10-11,36H,5,8-9,12-13H2,1-4H3,(H,34,35). The van der Waals surface area contributed by atoms with Gasteiger partial charge in [-0.1, -0.05) is 0 Å². The molecule has 0 bridgehead atoms. The maximum Gasteiger partial charge on any atom is 0.336 e. The van der Waals surface area contributed by atoms with Gasteiger partial charge in [0.05, 0.1) is 23.2 Å². The third-order valence-corrected chi connectivity index (χ3v) is 7.02. The molecular formula is C27H28F3N3O3. The Bertz CT molecular complexity index is 1540. The molecule has 0 saturated carbocycles. The van der Waals surface area contributed by atoms with Crippen LogP contribution in [0.25, 0.3) is 33.3 Å². The van der Waals surface area contributed by atoms with Crippen LogP contribution in [0.5, 0.6) is 0 Å². The van der Waals surface area contributed by atoms with E-state index in [-0.39, 0.29) is 36.0 Å². The van der Waals surface area contributed by atoms with Crippen LogP contribution in [0, 0.1) is 12.7 Å². The monoisotopic (exact) mass is 499 g/mol. The Morgan fingerprint density at radius 2 is 1.94 bits per heavy atom. The van der Waals surface area contributed by atoms with Crippen molar-refractivity contribution >= 4 is 27.9 Å². The Labute approximate surface area is 206 Å². The highest BCUT2D eigenvalue weighted by Gasteiger charge is 2.37. The number of carboxylic acid groups (broad SMARTS) is 1. The van der Waals surface area contributed by atoms with Gasteiger partial charge in [0, 0.05) is 41.5 Å². The van der Waals surface area contributed by atoms with E-state index in [1.54, 1.807) is 31.4 Å². The molecule has 6 nitrogen and oxygen atoms in total. The van der Waals surface area contributed by atoms with E-state index in [0.717, 1.165) is 17.3 Å². The van der Waals surface area contributed by atoms with Crippen LogP contribution < -0.4 is 0 Å². The fraction of sp³-hybridized carbons (Fsp3) is 0.407. The van der Waals surface area contributed by atoms with E-state index < -0.39 is 23.3 Å². The summed E-state index contributed by atoms with van der Waals surface area (Å²) in [5.41, 5.74) is 2.12. The molecule has 0 saturated heterocycles. The summed E-state index contributed by atoms with van der Waals surface area (Å²) in [4.78, 5) is 16.3. The Morgan fingerprint density at radius 1 is 1.22 bits per heavy atom. The molecule has 4 aromatic rings. The van der Waals surface area contributed by atoms with Gasteiger partial charge >= 0.3 is 5.97 Å². The SMILES string of the molecule is CCn1c2c(c3cc(-c4nc5c(C)c(C(=O)O)cc(F)c5n4CC(C)(C)O)ccc31)CC(F)(F)CC2. The molecule has 1 aliphatic rings. The van der Waals surface area contributed by atoms with Crippen LogP contribution >= 0.6 is 0 Å². The van der Waals surface area contributed by atoms with Gasteiger partial charge in [-0.25, -0.2) is 22.9 Å². The summed E-state index contributed by atoms with van der Waals surface area (Å²) in [5, 5.41) is 20.8. The van der Waals surface area contributed by atoms with E-state index in [9.17, 15) is 23.8 Å². The number of carbonyl (C=O) groups is 1. The van der Waals surface area contributed by atoms with E-state index in [4.69, 9.17) is 0 Å². The second-order valence-electron chi connectivity index (χ2n) is 10.3. The zero-order chi connectivity index (χ0) is 26.2. The number of halogens is 3. The van der Waals surface area contributed by atoms with Gasteiger partial charge in [0.1, 0.15) is 17.2 Å². The van der Waals surface area contributed by atoms with E-state index in [1.807, 2.05) is 19.1 Å². The number of aryl methyl sites for hydroxylation is 2. The predicted molar refractivity (Wildman–Crippen MR) is 131 cm³/mol. The molecule has 2 aromatic heterocycles. The van der Waals surface area contributed by atoms with Crippen LogP contribution in [-0.4, -0.2) is 41.8 Å². The number of nitrogens with zero attached hydrogens (tertiary/aromatic N) is 3. The molecule has 0 spiro atoms. The molecule has 1 aliphatic carbocycles. The van der Waals surface area contributed by atoms with Gasteiger partial charge in [0.15, 0.2) is 0 Å². The molecule has 36 heavy (non-hydrogen) atoms. The quantitative estimate of drug-likeness (QED) is 0.368. The Morgan fingerprint density at radius 3 is 2.58 bits per heavy atom. The predicted octanol–water partition coefficient (Wildman–Crippen LogP) is 5.72. The van der Waals surface area contributed by atoms with Gasteiger partial charge in [-0.15, -0.1) is 0 Å². The minimum Gasteiger partial charge on any atom is -0.478 e. The number of aliphatic hydroxyl groups is 1. The number of benzene rings is 2.